The monoisotopic (exact) mass is 251 g/mol. The predicted molar refractivity (Wildman–Crippen MR) is 63.7 cm³/mol. The van der Waals surface area contributed by atoms with Crippen LogP contribution in [0.25, 0.3) is 0 Å². The van der Waals surface area contributed by atoms with E-state index in [0.29, 0.717) is 6.54 Å². The van der Waals surface area contributed by atoms with Gasteiger partial charge in [-0.05, 0) is 26.2 Å². The molecular weight excluding hydrogens is 230 g/mol. The highest BCUT2D eigenvalue weighted by Gasteiger charge is 2.23. The van der Waals surface area contributed by atoms with E-state index in [9.17, 15) is 9.00 Å². The molecule has 5 nitrogen and oxygen atoms in total. The highest BCUT2D eigenvalue weighted by molar-refractivity contribution is 7.79. The molecule has 0 aromatic rings. The van der Waals surface area contributed by atoms with Crippen molar-refractivity contribution in [2.75, 3.05) is 12.3 Å². The van der Waals surface area contributed by atoms with Crippen LogP contribution in [0.15, 0.2) is 0 Å². The molecule has 0 aliphatic carbocycles. The molecule has 0 aliphatic heterocycles. The van der Waals surface area contributed by atoms with Crippen molar-refractivity contribution in [3.05, 3.63) is 0 Å². The standard InChI is InChI=1S/C10H21NO4S/c1-9(2,3)15-8(12)11-6-10(4,5)7-16(13)14/h6-7H2,1-5H3,(H,11,12)(H,13,14). The first-order valence-corrected chi connectivity index (χ1v) is 6.34. The Morgan fingerprint density at radius 3 is 2.19 bits per heavy atom. The van der Waals surface area contributed by atoms with E-state index in [1.807, 2.05) is 0 Å². The van der Waals surface area contributed by atoms with Crippen molar-refractivity contribution in [2.45, 2.75) is 40.2 Å². The number of rotatable bonds is 4. The molecule has 0 spiro atoms. The molecule has 0 aromatic carbocycles. The second-order valence-electron chi connectivity index (χ2n) is 5.49. The Hall–Kier alpha value is -0.620. The summed E-state index contributed by atoms with van der Waals surface area (Å²) in [5, 5.41) is 2.58. The Kier molecular flexibility index (Phi) is 5.41. The molecule has 0 heterocycles. The van der Waals surface area contributed by atoms with E-state index in [-0.39, 0.29) is 5.75 Å². The zero-order valence-corrected chi connectivity index (χ0v) is 11.3. The van der Waals surface area contributed by atoms with Crippen molar-refractivity contribution in [3.8, 4) is 0 Å². The van der Waals surface area contributed by atoms with Gasteiger partial charge in [0.15, 0.2) is 11.1 Å². The Labute approximate surface area is 99.2 Å². The summed E-state index contributed by atoms with van der Waals surface area (Å²) in [6.07, 6.45) is -0.510. The first-order valence-electron chi connectivity index (χ1n) is 5.06. The average Bonchev–Trinajstić information content (AvgIpc) is 1.95. The lowest BCUT2D eigenvalue weighted by atomic mass is 9.97. The minimum Gasteiger partial charge on any atom is -0.444 e. The summed E-state index contributed by atoms with van der Waals surface area (Å²) in [6.45, 7) is 9.24. The molecular formula is C10H21NO4S. The van der Waals surface area contributed by atoms with Gasteiger partial charge >= 0.3 is 6.09 Å². The highest BCUT2D eigenvalue weighted by Crippen LogP contribution is 2.15. The third-order valence-corrected chi connectivity index (χ3v) is 2.65. The number of hydrogen-bond acceptors (Lipinski definition) is 3. The van der Waals surface area contributed by atoms with Crippen LogP contribution in [-0.4, -0.2) is 32.8 Å². The Bertz CT molecular complexity index is 270. The van der Waals surface area contributed by atoms with Crippen LogP contribution in [0.3, 0.4) is 0 Å². The van der Waals surface area contributed by atoms with Crippen molar-refractivity contribution < 1.29 is 18.3 Å². The maximum Gasteiger partial charge on any atom is 0.407 e. The number of carbonyl (C=O) groups excluding carboxylic acids is 1. The van der Waals surface area contributed by atoms with Crippen LogP contribution in [-0.2, 0) is 15.8 Å². The van der Waals surface area contributed by atoms with E-state index >= 15 is 0 Å². The van der Waals surface area contributed by atoms with Gasteiger partial charge in [-0.2, -0.15) is 0 Å². The van der Waals surface area contributed by atoms with Gasteiger partial charge in [-0.3, -0.25) is 0 Å². The summed E-state index contributed by atoms with van der Waals surface area (Å²) in [5.41, 5.74) is -0.968. The SMILES string of the molecule is CC(C)(CNC(=O)OC(C)(C)C)CS(=O)O. The Morgan fingerprint density at radius 2 is 1.81 bits per heavy atom. The molecule has 1 atom stereocenters. The minimum atomic E-state index is -1.86. The minimum absolute atomic E-state index is 0.114. The van der Waals surface area contributed by atoms with Crippen LogP contribution < -0.4 is 5.32 Å². The molecule has 96 valence electrons. The lowest BCUT2D eigenvalue weighted by Gasteiger charge is -2.25. The number of alkyl carbamates (subject to hydrolysis) is 1. The molecule has 0 bridgehead atoms. The first-order chi connectivity index (χ1) is 7.02. The summed E-state index contributed by atoms with van der Waals surface area (Å²) < 4.78 is 24.5. The molecule has 1 unspecified atom stereocenters. The van der Waals surface area contributed by atoms with Crippen molar-refractivity contribution >= 4 is 17.2 Å². The van der Waals surface area contributed by atoms with Gasteiger partial charge in [-0.25, -0.2) is 9.00 Å². The maximum atomic E-state index is 11.3. The molecule has 0 rings (SSSR count). The molecule has 0 fully saturated rings. The number of carbonyl (C=O) groups is 1. The van der Waals surface area contributed by atoms with Crippen molar-refractivity contribution in [3.63, 3.8) is 0 Å². The fourth-order valence-corrected chi connectivity index (χ4v) is 1.78. The van der Waals surface area contributed by atoms with E-state index in [1.54, 1.807) is 34.6 Å². The van der Waals surface area contributed by atoms with Gasteiger partial charge in [0.2, 0.25) is 0 Å². The van der Waals surface area contributed by atoms with E-state index in [1.165, 1.54) is 0 Å². The summed E-state index contributed by atoms with van der Waals surface area (Å²) in [5.74, 6) is 0.114. The van der Waals surface area contributed by atoms with Gasteiger partial charge in [-0.1, -0.05) is 13.8 Å². The van der Waals surface area contributed by atoms with Gasteiger partial charge in [0.1, 0.15) is 5.60 Å². The molecule has 6 heteroatoms. The van der Waals surface area contributed by atoms with Gasteiger partial charge in [0, 0.05) is 6.54 Å². The molecule has 0 saturated carbocycles. The summed E-state index contributed by atoms with van der Waals surface area (Å²) >= 11 is -1.86. The number of hydrogen-bond donors (Lipinski definition) is 2. The van der Waals surface area contributed by atoms with Gasteiger partial charge < -0.3 is 14.6 Å². The van der Waals surface area contributed by atoms with Crippen molar-refractivity contribution in [1.82, 2.24) is 5.32 Å². The van der Waals surface area contributed by atoms with E-state index < -0.39 is 28.2 Å². The topological polar surface area (TPSA) is 75.6 Å². The molecule has 0 aliphatic rings. The van der Waals surface area contributed by atoms with Gasteiger partial charge in [-0.15, -0.1) is 0 Å². The maximum absolute atomic E-state index is 11.3. The van der Waals surface area contributed by atoms with E-state index in [2.05, 4.69) is 5.32 Å². The second-order valence-corrected chi connectivity index (χ2v) is 6.42. The van der Waals surface area contributed by atoms with E-state index in [4.69, 9.17) is 9.29 Å². The first kappa shape index (κ1) is 15.4. The molecule has 1 amide bonds. The third-order valence-electron chi connectivity index (χ3n) is 1.62. The Morgan fingerprint density at radius 1 is 1.31 bits per heavy atom. The number of amides is 1. The second kappa shape index (κ2) is 5.63. The van der Waals surface area contributed by atoms with Crippen LogP contribution in [0, 0.1) is 5.41 Å². The molecule has 0 saturated heterocycles. The average molecular weight is 251 g/mol. The van der Waals surface area contributed by atoms with Crippen LogP contribution in [0.4, 0.5) is 4.79 Å². The highest BCUT2D eigenvalue weighted by atomic mass is 32.2. The fraction of sp³-hybridized carbons (Fsp3) is 0.900. The smallest absolute Gasteiger partial charge is 0.407 e. The van der Waals surface area contributed by atoms with Gasteiger partial charge in [0.05, 0.1) is 5.75 Å². The molecule has 0 aromatic heterocycles. The third kappa shape index (κ3) is 8.67. The largest absolute Gasteiger partial charge is 0.444 e. The number of ether oxygens (including phenoxy) is 1. The van der Waals surface area contributed by atoms with Crippen LogP contribution >= 0.6 is 0 Å². The van der Waals surface area contributed by atoms with Crippen LogP contribution in [0.2, 0.25) is 0 Å². The Balaban J connectivity index is 4.05. The van der Waals surface area contributed by atoms with Gasteiger partial charge in [0.25, 0.3) is 0 Å². The molecule has 0 radical (unpaired) electrons. The summed E-state index contributed by atoms with van der Waals surface area (Å²) in [6, 6.07) is 0. The summed E-state index contributed by atoms with van der Waals surface area (Å²) in [7, 11) is 0. The van der Waals surface area contributed by atoms with E-state index in [0.717, 1.165) is 0 Å². The zero-order chi connectivity index (χ0) is 13.0. The van der Waals surface area contributed by atoms with Crippen molar-refractivity contribution in [1.29, 1.82) is 0 Å². The van der Waals surface area contributed by atoms with Crippen LogP contribution in [0.1, 0.15) is 34.6 Å². The number of nitrogens with one attached hydrogen (secondary N) is 1. The molecule has 2 N–H and O–H groups in total. The van der Waals surface area contributed by atoms with Crippen LogP contribution in [0.5, 0.6) is 0 Å². The molecule has 16 heavy (non-hydrogen) atoms. The lowest BCUT2D eigenvalue weighted by molar-refractivity contribution is 0.0510. The van der Waals surface area contributed by atoms with Crippen molar-refractivity contribution in [2.24, 2.45) is 5.41 Å². The normalized spacial score (nSPS) is 14.4. The lowest BCUT2D eigenvalue weighted by Crippen LogP contribution is -2.40. The quantitative estimate of drug-likeness (QED) is 0.746. The fourth-order valence-electron chi connectivity index (χ4n) is 1.01. The summed E-state index contributed by atoms with van der Waals surface area (Å²) in [4.78, 5) is 11.3. The predicted octanol–water partition coefficient (Wildman–Crippen LogP) is 1.76. The zero-order valence-electron chi connectivity index (χ0n) is 10.5.